The summed E-state index contributed by atoms with van der Waals surface area (Å²) in [4.78, 5) is 22.2. The summed E-state index contributed by atoms with van der Waals surface area (Å²) in [5, 5.41) is 16.6. The van der Waals surface area contributed by atoms with Crippen LogP contribution in [0.2, 0.25) is 0 Å². The third-order valence-corrected chi connectivity index (χ3v) is 3.88. The van der Waals surface area contributed by atoms with E-state index in [4.69, 9.17) is 9.47 Å². The van der Waals surface area contributed by atoms with E-state index >= 15 is 0 Å². The summed E-state index contributed by atoms with van der Waals surface area (Å²) in [7, 11) is 0. The normalized spacial score (nSPS) is 16.6. The smallest absolute Gasteiger partial charge is 0.292 e. The Balaban J connectivity index is 1.51. The Morgan fingerprint density at radius 3 is 2.96 bits per heavy atom. The number of nitro groups is 1. The quantitative estimate of drug-likeness (QED) is 0.359. The van der Waals surface area contributed by atoms with E-state index in [9.17, 15) is 14.9 Å². The molecule has 8 heteroatoms. The summed E-state index contributed by atoms with van der Waals surface area (Å²) in [6.45, 7) is 2.93. The molecule has 1 aromatic carbocycles. The van der Waals surface area contributed by atoms with E-state index in [-0.39, 0.29) is 24.1 Å². The van der Waals surface area contributed by atoms with Gasteiger partial charge in [-0.3, -0.25) is 14.9 Å². The van der Waals surface area contributed by atoms with Gasteiger partial charge in [-0.2, -0.15) is 0 Å². The average molecular weight is 351 g/mol. The minimum absolute atomic E-state index is 0.00583. The number of hydrogen-bond acceptors (Lipinski definition) is 6. The Hall–Kier alpha value is -2.19. The molecule has 8 nitrogen and oxygen atoms in total. The number of carbonyl (C=O) groups excluding carboxylic acids is 1. The Kier molecular flexibility index (Phi) is 8.14. The molecule has 0 bridgehead atoms. The van der Waals surface area contributed by atoms with Gasteiger partial charge in [0.15, 0.2) is 0 Å². The molecule has 0 aromatic heterocycles. The molecule has 1 aliphatic rings. The van der Waals surface area contributed by atoms with Crippen LogP contribution in [-0.2, 0) is 14.3 Å². The molecule has 2 N–H and O–H groups in total. The van der Waals surface area contributed by atoms with E-state index in [2.05, 4.69) is 10.6 Å². The Morgan fingerprint density at radius 2 is 2.20 bits per heavy atom. The fourth-order valence-corrected chi connectivity index (χ4v) is 2.57. The molecule has 1 aromatic rings. The number of nitrogens with one attached hydrogen (secondary N) is 2. The second-order valence-electron chi connectivity index (χ2n) is 5.86. The first-order valence-electron chi connectivity index (χ1n) is 8.60. The highest BCUT2D eigenvalue weighted by atomic mass is 16.6. The van der Waals surface area contributed by atoms with Gasteiger partial charge in [0, 0.05) is 38.8 Å². The van der Waals surface area contributed by atoms with Gasteiger partial charge in [-0.1, -0.05) is 12.1 Å². The SMILES string of the molecule is O=C(CCNc1ccccc1[N+](=O)[O-])NCCCOCC1CCCO1. The number of hydrogen-bond donors (Lipinski definition) is 2. The second-order valence-corrected chi connectivity index (χ2v) is 5.86. The number of para-hydroxylation sites is 2. The summed E-state index contributed by atoms with van der Waals surface area (Å²) < 4.78 is 11.0. The highest BCUT2D eigenvalue weighted by molar-refractivity contribution is 5.76. The number of amides is 1. The van der Waals surface area contributed by atoms with E-state index < -0.39 is 4.92 Å². The summed E-state index contributed by atoms with van der Waals surface area (Å²) in [5.41, 5.74) is 0.425. The van der Waals surface area contributed by atoms with Crippen molar-refractivity contribution in [1.29, 1.82) is 0 Å². The fraction of sp³-hybridized carbons (Fsp3) is 0.588. The van der Waals surface area contributed by atoms with Crippen LogP contribution in [0.25, 0.3) is 0 Å². The number of carbonyl (C=O) groups is 1. The lowest BCUT2D eigenvalue weighted by atomic mass is 10.2. The first-order chi connectivity index (χ1) is 12.2. The summed E-state index contributed by atoms with van der Waals surface area (Å²) in [5.74, 6) is -0.0924. The fourth-order valence-electron chi connectivity index (χ4n) is 2.57. The lowest BCUT2D eigenvalue weighted by Gasteiger charge is -2.10. The van der Waals surface area contributed by atoms with Crippen molar-refractivity contribution in [3.63, 3.8) is 0 Å². The molecule has 25 heavy (non-hydrogen) atoms. The van der Waals surface area contributed by atoms with Gasteiger partial charge in [0.05, 0.1) is 17.6 Å². The van der Waals surface area contributed by atoms with Crippen molar-refractivity contribution in [1.82, 2.24) is 5.32 Å². The van der Waals surface area contributed by atoms with Crippen LogP contribution in [0.1, 0.15) is 25.7 Å². The van der Waals surface area contributed by atoms with Crippen molar-refractivity contribution in [2.75, 3.05) is 38.2 Å². The molecule has 2 rings (SSSR count). The van der Waals surface area contributed by atoms with Crippen molar-refractivity contribution in [2.24, 2.45) is 0 Å². The highest BCUT2D eigenvalue weighted by Crippen LogP contribution is 2.22. The molecule has 1 amide bonds. The van der Waals surface area contributed by atoms with E-state index in [1.54, 1.807) is 18.2 Å². The zero-order valence-electron chi connectivity index (χ0n) is 14.2. The topological polar surface area (TPSA) is 103 Å². The minimum atomic E-state index is -0.445. The van der Waals surface area contributed by atoms with E-state index in [0.717, 1.165) is 25.9 Å². The van der Waals surface area contributed by atoms with Crippen molar-refractivity contribution in [3.8, 4) is 0 Å². The monoisotopic (exact) mass is 351 g/mol. The van der Waals surface area contributed by atoms with Crippen LogP contribution in [0.15, 0.2) is 24.3 Å². The standard InChI is InChI=1S/C17H25N3O5/c21-17(19-9-4-11-24-13-14-5-3-12-25-14)8-10-18-15-6-1-2-7-16(15)20(22)23/h1-2,6-7,14,18H,3-5,8-13H2,(H,19,21). The molecule has 1 saturated heterocycles. The molecular weight excluding hydrogens is 326 g/mol. The van der Waals surface area contributed by atoms with Gasteiger partial charge in [0.1, 0.15) is 5.69 Å². The van der Waals surface area contributed by atoms with Gasteiger partial charge < -0.3 is 20.1 Å². The molecule has 1 fully saturated rings. The molecule has 0 radical (unpaired) electrons. The molecule has 0 spiro atoms. The number of ether oxygens (including phenoxy) is 2. The van der Waals surface area contributed by atoms with Crippen molar-refractivity contribution in [3.05, 3.63) is 34.4 Å². The largest absolute Gasteiger partial charge is 0.379 e. The van der Waals surface area contributed by atoms with Gasteiger partial charge >= 0.3 is 0 Å². The number of benzene rings is 1. The molecule has 1 heterocycles. The van der Waals surface area contributed by atoms with E-state index in [1.165, 1.54) is 6.07 Å². The molecule has 0 aliphatic carbocycles. The number of nitrogens with zero attached hydrogens (tertiary/aromatic N) is 1. The zero-order chi connectivity index (χ0) is 17.9. The van der Waals surface area contributed by atoms with Crippen LogP contribution in [-0.4, -0.2) is 49.8 Å². The van der Waals surface area contributed by atoms with Gasteiger partial charge in [0.25, 0.3) is 5.69 Å². The average Bonchev–Trinajstić information content (AvgIpc) is 3.11. The predicted molar refractivity (Wildman–Crippen MR) is 93.6 cm³/mol. The molecule has 1 aliphatic heterocycles. The molecular formula is C17H25N3O5. The predicted octanol–water partition coefficient (Wildman–Crippen LogP) is 2.10. The lowest BCUT2D eigenvalue weighted by Crippen LogP contribution is -2.27. The first kappa shape index (κ1) is 19.1. The van der Waals surface area contributed by atoms with Crippen LogP contribution < -0.4 is 10.6 Å². The van der Waals surface area contributed by atoms with Crippen LogP contribution in [0.5, 0.6) is 0 Å². The van der Waals surface area contributed by atoms with Crippen molar-refractivity contribution >= 4 is 17.3 Å². The maximum atomic E-state index is 11.7. The maximum absolute atomic E-state index is 11.7. The third-order valence-electron chi connectivity index (χ3n) is 3.88. The maximum Gasteiger partial charge on any atom is 0.292 e. The summed E-state index contributed by atoms with van der Waals surface area (Å²) in [6, 6.07) is 6.38. The van der Waals surface area contributed by atoms with Crippen molar-refractivity contribution < 1.29 is 19.2 Å². The highest BCUT2D eigenvalue weighted by Gasteiger charge is 2.15. The van der Waals surface area contributed by atoms with Gasteiger partial charge in [-0.25, -0.2) is 0 Å². The third kappa shape index (κ3) is 7.06. The number of nitro benzene ring substituents is 1. The minimum Gasteiger partial charge on any atom is -0.379 e. The van der Waals surface area contributed by atoms with Gasteiger partial charge in [0.2, 0.25) is 5.91 Å². The van der Waals surface area contributed by atoms with E-state index in [0.29, 0.717) is 32.0 Å². The molecule has 1 atom stereocenters. The second kappa shape index (κ2) is 10.6. The molecule has 0 saturated carbocycles. The zero-order valence-corrected chi connectivity index (χ0v) is 14.2. The van der Waals surface area contributed by atoms with E-state index in [1.807, 2.05) is 0 Å². The van der Waals surface area contributed by atoms with Crippen LogP contribution in [0.3, 0.4) is 0 Å². The number of anilines is 1. The molecule has 138 valence electrons. The molecule has 1 unspecified atom stereocenters. The summed E-state index contributed by atoms with van der Waals surface area (Å²) >= 11 is 0. The first-order valence-corrected chi connectivity index (χ1v) is 8.60. The van der Waals surface area contributed by atoms with Crippen LogP contribution in [0, 0.1) is 10.1 Å². The number of rotatable bonds is 11. The lowest BCUT2D eigenvalue weighted by molar-refractivity contribution is -0.384. The summed E-state index contributed by atoms with van der Waals surface area (Å²) in [6.07, 6.45) is 3.38. The Labute approximate surface area is 147 Å². The van der Waals surface area contributed by atoms with Crippen LogP contribution in [0.4, 0.5) is 11.4 Å². The van der Waals surface area contributed by atoms with Gasteiger partial charge in [-0.15, -0.1) is 0 Å². The van der Waals surface area contributed by atoms with Crippen molar-refractivity contribution in [2.45, 2.75) is 31.8 Å². The van der Waals surface area contributed by atoms with Gasteiger partial charge in [-0.05, 0) is 25.3 Å². The Morgan fingerprint density at radius 1 is 1.36 bits per heavy atom. The van der Waals surface area contributed by atoms with Crippen LogP contribution >= 0.6 is 0 Å². The Bertz CT molecular complexity index is 561.